The van der Waals surface area contributed by atoms with E-state index in [1.807, 2.05) is 0 Å². The first-order valence-electron chi connectivity index (χ1n) is 8.35. The maximum absolute atomic E-state index is 4.85. The van der Waals surface area contributed by atoms with Crippen molar-refractivity contribution in [3.05, 3.63) is 17.8 Å². The van der Waals surface area contributed by atoms with E-state index in [1.165, 1.54) is 29.9 Å². The molecule has 4 nitrogen and oxygen atoms in total. The van der Waals surface area contributed by atoms with Crippen molar-refractivity contribution < 1.29 is 0 Å². The highest BCUT2D eigenvalue weighted by Crippen LogP contribution is 2.43. The van der Waals surface area contributed by atoms with Crippen molar-refractivity contribution in [1.29, 1.82) is 0 Å². The Bertz CT molecular complexity index is 538. The van der Waals surface area contributed by atoms with Gasteiger partial charge in [-0.15, -0.1) is 0 Å². The normalized spacial score (nSPS) is 26.0. The van der Waals surface area contributed by atoms with Gasteiger partial charge in [0.2, 0.25) is 0 Å². The van der Waals surface area contributed by atoms with E-state index in [0.717, 1.165) is 32.1 Å². The maximum atomic E-state index is 4.85. The number of hydrogen-bond acceptors (Lipinski definition) is 4. The molecule has 0 amide bonds. The Morgan fingerprint density at radius 2 is 2.00 bits per heavy atom. The second-order valence-corrected chi connectivity index (χ2v) is 7.20. The third-order valence-electron chi connectivity index (χ3n) is 5.33. The van der Waals surface area contributed by atoms with Crippen LogP contribution in [-0.4, -0.2) is 55.2 Å². The average Bonchev–Trinajstić information content (AvgIpc) is 3.31. The van der Waals surface area contributed by atoms with Crippen LogP contribution in [-0.2, 0) is 0 Å². The second kappa shape index (κ2) is 4.87. The Hall–Kier alpha value is -1.29. The minimum Gasteiger partial charge on any atom is -0.369 e. The number of likely N-dealkylation sites (N-methyl/N-ethyl adjacent to an activating group) is 1. The molecule has 0 bridgehead atoms. The predicted octanol–water partition coefficient (Wildman–Crippen LogP) is 2.31. The van der Waals surface area contributed by atoms with Crippen LogP contribution in [0.1, 0.15) is 38.2 Å². The third-order valence-corrected chi connectivity index (χ3v) is 5.33. The first-order chi connectivity index (χ1) is 10.1. The van der Waals surface area contributed by atoms with Gasteiger partial charge >= 0.3 is 0 Å². The molecule has 0 aromatic carbocycles. The highest BCUT2D eigenvalue weighted by atomic mass is 15.4. The molecule has 1 aromatic rings. The standard InChI is InChI=1S/C17H26N4/c1-12(2)20-6-7-21-15(11-20)10-19(3)16-8-14(13-4-5-13)9-18-17(16)21/h8-9,12-13,15H,4-7,10-11H2,1-3H3/t15-/m1/s1. The molecule has 2 fully saturated rings. The van der Waals surface area contributed by atoms with Gasteiger partial charge in [0.15, 0.2) is 5.82 Å². The van der Waals surface area contributed by atoms with Gasteiger partial charge in [-0.1, -0.05) is 0 Å². The van der Waals surface area contributed by atoms with Gasteiger partial charge in [-0.25, -0.2) is 4.98 Å². The van der Waals surface area contributed by atoms with Crippen LogP contribution in [0.3, 0.4) is 0 Å². The van der Waals surface area contributed by atoms with Crippen LogP contribution in [0.25, 0.3) is 0 Å². The zero-order valence-corrected chi connectivity index (χ0v) is 13.4. The largest absolute Gasteiger partial charge is 0.369 e. The van der Waals surface area contributed by atoms with Crippen LogP contribution >= 0.6 is 0 Å². The van der Waals surface area contributed by atoms with E-state index >= 15 is 0 Å². The lowest BCUT2D eigenvalue weighted by molar-refractivity contribution is 0.179. The minimum atomic E-state index is 0.581. The van der Waals surface area contributed by atoms with E-state index in [-0.39, 0.29) is 0 Å². The predicted molar refractivity (Wildman–Crippen MR) is 87.3 cm³/mol. The van der Waals surface area contributed by atoms with Gasteiger partial charge in [-0.05, 0) is 44.2 Å². The lowest BCUT2D eigenvalue weighted by Crippen LogP contribution is -2.60. The van der Waals surface area contributed by atoms with Gasteiger partial charge in [0.1, 0.15) is 0 Å². The van der Waals surface area contributed by atoms with Crippen molar-refractivity contribution >= 4 is 11.5 Å². The molecule has 1 saturated carbocycles. The summed E-state index contributed by atoms with van der Waals surface area (Å²) in [6.45, 7) is 9.15. The molecule has 0 unspecified atom stereocenters. The first-order valence-corrected chi connectivity index (χ1v) is 8.35. The van der Waals surface area contributed by atoms with Crippen LogP contribution in [0.15, 0.2) is 12.3 Å². The van der Waals surface area contributed by atoms with Crippen LogP contribution in [0.5, 0.6) is 0 Å². The summed E-state index contributed by atoms with van der Waals surface area (Å²) >= 11 is 0. The molecule has 1 atom stereocenters. The summed E-state index contributed by atoms with van der Waals surface area (Å²) in [6, 6.07) is 3.62. The van der Waals surface area contributed by atoms with Crippen molar-refractivity contribution in [2.75, 3.05) is 43.0 Å². The zero-order valence-electron chi connectivity index (χ0n) is 13.4. The number of rotatable bonds is 2. The minimum absolute atomic E-state index is 0.581. The summed E-state index contributed by atoms with van der Waals surface area (Å²) in [5.74, 6) is 1.99. The third kappa shape index (κ3) is 2.30. The Labute approximate surface area is 127 Å². The summed E-state index contributed by atoms with van der Waals surface area (Å²) in [7, 11) is 2.23. The summed E-state index contributed by atoms with van der Waals surface area (Å²) in [5, 5.41) is 0. The van der Waals surface area contributed by atoms with E-state index in [0.29, 0.717) is 12.1 Å². The molecule has 1 aromatic heterocycles. The van der Waals surface area contributed by atoms with E-state index in [4.69, 9.17) is 4.98 Å². The molecule has 0 N–H and O–H groups in total. The number of nitrogens with zero attached hydrogens (tertiary/aromatic N) is 4. The summed E-state index contributed by atoms with van der Waals surface area (Å²) < 4.78 is 0. The molecule has 4 heteroatoms. The van der Waals surface area contributed by atoms with E-state index in [2.05, 4.69) is 47.9 Å². The SMILES string of the molecule is CC(C)N1CCN2c3ncc(C4CC4)cc3N(C)C[C@@H]2C1. The van der Waals surface area contributed by atoms with E-state index in [1.54, 1.807) is 0 Å². The number of fused-ring (bicyclic) bond motifs is 3. The molecule has 4 rings (SSSR count). The van der Waals surface area contributed by atoms with Gasteiger partial charge in [-0.3, -0.25) is 4.90 Å². The van der Waals surface area contributed by atoms with E-state index in [9.17, 15) is 0 Å². The molecule has 114 valence electrons. The van der Waals surface area contributed by atoms with Crippen molar-refractivity contribution in [3.63, 3.8) is 0 Å². The molecule has 0 spiro atoms. The van der Waals surface area contributed by atoms with Crippen LogP contribution in [0.4, 0.5) is 11.5 Å². The van der Waals surface area contributed by atoms with Crippen LogP contribution < -0.4 is 9.80 Å². The highest BCUT2D eigenvalue weighted by molar-refractivity contribution is 5.71. The summed E-state index contributed by atoms with van der Waals surface area (Å²) in [5.41, 5.74) is 2.79. The molecular weight excluding hydrogens is 260 g/mol. The maximum Gasteiger partial charge on any atom is 0.152 e. The van der Waals surface area contributed by atoms with Crippen molar-refractivity contribution in [2.45, 2.75) is 44.7 Å². The van der Waals surface area contributed by atoms with Crippen molar-refractivity contribution in [3.8, 4) is 0 Å². The second-order valence-electron chi connectivity index (χ2n) is 7.20. The molecule has 3 aliphatic rings. The smallest absolute Gasteiger partial charge is 0.152 e. The number of piperazine rings is 1. The Morgan fingerprint density at radius 1 is 1.19 bits per heavy atom. The van der Waals surface area contributed by atoms with Crippen molar-refractivity contribution in [2.24, 2.45) is 0 Å². The van der Waals surface area contributed by atoms with Crippen LogP contribution in [0.2, 0.25) is 0 Å². The zero-order chi connectivity index (χ0) is 14.6. The molecular formula is C17H26N4. The number of anilines is 2. The van der Waals surface area contributed by atoms with Gasteiger partial charge < -0.3 is 9.80 Å². The van der Waals surface area contributed by atoms with Gasteiger partial charge in [0, 0.05) is 45.5 Å². The van der Waals surface area contributed by atoms with Gasteiger partial charge in [0.05, 0.1) is 11.7 Å². The molecule has 1 aliphatic carbocycles. The number of aromatic nitrogens is 1. The fraction of sp³-hybridized carbons (Fsp3) is 0.706. The topological polar surface area (TPSA) is 22.6 Å². The lowest BCUT2D eigenvalue weighted by Gasteiger charge is -2.49. The quantitative estimate of drug-likeness (QED) is 0.832. The van der Waals surface area contributed by atoms with Crippen LogP contribution in [0, 0.1) is 0 Å². The van der Waals surface area contributed by atoms with Gasteiger partial charge in [-0.2, -0.15) is 0 Å². The summed E-state index contributed by atoms with van der Waals surface area (Å²) in [6.07, 6.45) is 4.82. The Morgan fingerprint density at radius 3 is 2.71 bits per heavy atom. The average molecular weight is 286 g/mol. The van der Waals surface area contributed by atoms with Crippen molar-refractivity contribution in [1.82, 2.24) is 9.88 Å². The monoisotopic (exact) mass is 286 g/mol. The van der Waals surface area contributed by atoms with E-state index < -0.39 is 0 Å². The molecule has 2 aliphatic heterocycles. The first kappa shape index (κ1) is 13.4. The Kier molecular flexibility index (Phi) is 3.10. The fourth-order valence-corrected chi connectivity index (χ4v) is 3.80. The molecule has 0 radical (unpaired) electrons. The lowest BCUT2D eigenvalue weighted by atomic mass is 10.0. The summed E-state index contributed by atoms with van der Waals surface area (Å²) in [4.78, 5) is 12.4. The molecule has 3 heterocycles. The molecule has 1 saturated heterocycles. The highest BCUT2D eigenvalue weighted by Gasteiger charge is 2.36. The fourth-order valence-electron chi connectivity index (χ4n) is 3.80. The number of pyridine rings is 1. The molecule has 21 heavy (non-hydrogen) atoms. The van der Waals surface area contributed by atoms with Gasteiger partial charge in [0.25, 0.3) is 0 Å². The Balaban J connectivity index is 1.63. The number of hydrogen-bond donors (Lipinski definition) is 0.